The van der Waals surface area contributed by atoms with Crippen molar-refractivity contribution in [2.75, 3.05) is 39.6 Å². The van der Waals surface area contributed by atoms with Gasteiger partial charge in [0.2, 0.25) is 11.5 Å². The monoisotopic (exact) mass is 1530 g/mol. The van der Waals surface area contributed by atoms with Crippen molar-refractivity contribution < 1.29 is 38.5 Å². The molecule has 3 aromatic carbocycles. The van der Waals surface area contributed by atoms with Gasteiger partial charge in [-0.25, -0.2) is 0 Å². The Hall–Kier alpha value is -5.78. The molecule has 0 amide bonds. The Morgan fingerprint density at radius 1 is 0.264 bits per heavy atom. The first-order chi connectivity index (χ1) is 54.3. The molecule has 2 heterocycles. The molecule has 5 rings (SSSR count). The van der Waals surface area contributed by atoms with E-state index in [-0.39, 0.29) is 16.4 Å². The number of benzene rings is 3. The van der Waals surface area contributed by atoms with Gasteiger partial charge in [-0.15, -0.1) is 0 Å². The van der Waals surface area contributed by atoms with E-state index in [1.165, 1.54) is 320 Å². The second-order valence-electron chi connectivity index (χ2n) is 32.5. The Bertz CT molecular complexity index is 2740. The summed E-state index contributed by atoms with van der Waals surface area (Å²) >= 11 is 0. The van der Waals surface area contributed by atoms with Gasteiger partial charge in [0.25, 0.3) is 5.69 Å². The minimum atomic E-state index is -0.379. The summed E-state index contributed by atoms with van der Waals surface area (Å²) in [6, 6.07) is 18.9. The average Bonchev–Trinajstić information content (AvgIpc) is 1.56. The van der Waals surface area contributed by atoms with Crippen LogP contribution in [0.5, 0.6) is 40.2 Å². The highest BCUT2D eigenvalue weighted by Gasteiger charge is 2.25. The molecule has 0 saturated heterocycles. The molecule has 0 aliphatic heterocycles. The quantitative estimate of drug-likeness (QED) is 0.0196. The molecule has 3 N–H and O–H groups in total. The first-order valence-electron chi connectivity index (χ1n) is 46.8. The highest BCUT2D eigenvalue weighted by atomic mass is 16.6. The van der Waals surface area contributed by atoms with Crippen molar-refractivity contribution in [1.82, 2.24) is 9.97 Å². The number of aromatic amines is 2. The number of aromatic nitrogens is 2. The van der Waals surface area contributed by atoms with Gasteiger partial charge in [0.05, 0.1) is 44.6 Å². The summed E-state index contributed by atoms with van der Waals surface area (Å²) in [4.78, 5) is 19.9. The van der Waals surface area contributed by atoms with Crippen LogP contribution in [0.4, 0.5) is 5.69 Å². The van der Waals surface area contributed by atoms with E-state index in [4.69, 9.17) is 28.4 Å². The summed E-state index contributed by atoms with van der Waals surface area (Å²) in [7, 11) is 0. The van der Waals surface area contributed by atoms with Crippen LogP contribution in [0.2, 0.25) is 0 Å². The molecule has 2 aromatic heterocycles. The molecular formula is C98H163N3O9. The van der Waals surface area contributed by atoms with Crippen molar-refractivity contribution in [2.24, 2.45) is 0 Å². The van der Waals surface area contributed by atoms with Crippen molar-refractivity contribution in [3.8, 4) is 85.3 Å². The molecule has 0 aliphatic rings. The van der Waals surface area contributed by atoms with Crippen molar-refractivity contribution in [2.45, 2.75) is 427 Å². The molecule has 0 atom stereocenters. The van der Waals surface area contributed by atoms with Crippen LogP contribution in [0.3, 0.4) is 0 Å². The van der Waals surface area contributed by atoms with Gasteiger partial charge in [0.1, 0.15) is 5.75 Å². The predicted molar refractivity (Wildman–Crippen MR) is 469 cm³/mol. The molecule has 12 nitrogen and oxygen atoms in total. The van der Waals surface area contributed by atoms with Gasteiger partial charge < -0.3 is 43.5 Å². The number of non-ortho nitro benzene ring substituents is 1. The zero-order valence-electron chi connectivity index (χ0n) is 71.6. The van der Waals surface area contributed by atoms with E-state index in [0.717, 1.165) is 99.6 Å². The van der Waals surface area contributed by atoms with Crippen LogP contribution in [-0.4, -0.2) is 59.6 Å². The summed E-state index contributed by atoms with van der Waals surface area (Å²) in [6.45, 7) is 17.1. The SMILES string of the molecule is CCCCCCCCCCCCOc1cc(-c2ccc(-c3cc([N+](=O)[O-])cc(-c4ccc(-c5cc(OCCCCCCCCCCCC)c(OCCCCCCCCCCCC)c(OCCCCCCCCCCCC)c5)[nH]4)c3O)[nH]2)cc(OCCCCCCCCCCCC)c1OCCCCCCCCCCCC. The van der Waals surface area contributed by atoms with E-state index < -0.39 is 0 Å². The number of nitrogens with zero attached hydrogens (tertiary/aromatic N) is 1. The van der Waals surface area contributed by atoms with Gasteiger partial charge >= 0.3 is 0 Å². The van der Waals surface area contributed by atoms with Gasteiger partial charge in [-0.1, -0.05) is 388 Å². The molecule has 5 aromatic rings. The van der Waals surface area contributed by atoms with E-state index >= 15 is 0 Å². The van der Waals surface area contributed by atoms with Crippen LogP contribution in [-0.2, 0) is 0 Å². The standard InChI is InChI=1S/C98H163N3O9/c1-7-13-19-25-31-37-43-49-55-61-71-105-92-77-83(78-93(106-72-62-56-50-44-38-32-26-20-14-8-2)97(92)109-75-65-59-53-47-41-35-29-23-17-11-5)88-67-69-90(99-88)86-81-85(101(103)104)82-87(96(86)102)91-70-68-89(100-91)84-79-94(107-73-63-57-51-45-39-33-27-21-15-9-3)98(110-76-66-60-54-48-42-36-30-24-18-12-6)95(80-84)108-74-64-58-52-46-40-34-28-22-16-10-4/h67-70,77-82,99-100,102H,7-66,71-76H2,1-6H3. The second-order valence-corrected chi connectivity index (χ2v) is 32.5. The third kappa shape index (κ3) is 41.8. The lowest BCUT2D eigenvalue weighted by Crippen LogP contribution is -2.07. The minimum Gasteiger partial charge on any atom is -0.507 e. The Morgan fingerprint density at radius 2 is 0.445 bits per heavy atom. The molecule has 110 heavy (non-hydrogen) atoms. The van der Waals surface area contributed by atoms with Gasteiger partial charge in [-0.05, 0) is 87.1 Å². The van der Waals surface area contributed by atoms with Gasteiger partial charge in [0, 0.05) is 57.2 Å². The number of rotatable bonds is 77. The molecular weight excluding hydrogens is 1360 g/mol. The third-order valence-electron chi connectivity index (χ3n) is 22.4. The Morgan fingerprint density at radius 3 is 0.645 bits per heavy atom. The Balaban J connectivity index is 1.46. The largest absolute Gasteiger partial charge is 0.507 e. The van der Waals surface area contributed by atoms with E-state index in [1.807, 2.05) is 24.3 Å². The number of hydrogen-bond donors (Lipinski definition) is 3. The van der Waals surface area contributed by atoms with Gasteiger partial charge in [0.15, 0.2) is 23.0 Å². The highest BCUT2D eigenvalue weighted by molar-refractivity contribution is 5.85. The summed E-state index contributed by atoms with van der Waals surface area (Å²) in [6.07, 6.45) is 74.6. The lowest BCUT2D eigenvalue weighted by atomic mass is 10.0. The molecule has 12 heteroatoms. The molecule has 0 radical (unpaired) electrons. The van der Waals surface area contributed by atoms with Crippen LogP contribution < -0.4 is 28.4 Å². The lowest BCUT2D eigenvalue weighted by molar-refractivity contribution is -0.384. The number of nitro benzene ring substituents is 1. The molecule has 0 aliphatic carbocycles. The maximum absolute atomic E-state index is 13.0. The van der Waals surface area contributed by atoms with Gasteiger partial charge in [-0.3, -0.25) is 10.1 Å². The molecule has 0 fully saturated rings. The average molecular weight is 1530 g/mol. The van der Waals surface area contributed by atoms with Crippen LogP contribution >= 0.6 is 0 Å². The van der Waals surface area contributed by atoms with Crippen LogP contribution in [0, 0.1) is 10.1 Å². The van der Waals surface area contributed by atoms with Crippen molar-refractivity contribution in [3.63, 3.8) is 0 Å². The first-order valence-corrected chi connectivity index (χ1v) is 46.8. The van der Waals surface area contributed by atoms with E-state index in [9.17, 15) is 15.2 Å². The number of hydrogen-bond acceptors (Lipinski definition) is 9. The zero-order chi connectivity index (χ0) is 78.2. The summed E-state index contributed by atoms with van der Waals surface area (Å²) in [5.41, 5.74) is 4.78. The van der Waals surface area contributed by atoms with Crippen molar-refractivity contribution in [1.29, 1.82) is 0 Å². The maximum atomic E-state index is 13.0. The van der Waals surface area contributed by atoms with Crippen molar-refractivity contribution in [3.05, 3.63) is 70.8 Å². The fraction of sp³-hybridized carbons (Fsp3) is 0.735. The molecule has 0 saturated carbocycles. The number of phenols is 1. The number of phenolic OH excluding ortho intramolecular Hbond substituents is 1. The van der Waals surface area contributed by atoms with Crippen LogP contribution in [0.1, 0.15) is 427 Å². The smallest absolute Gasteiger partial charge is 0.271 e. The highest BCUT2D eigenvalue weighted by Crippen LogP contribution is 2.47. The molecule has 0 bridgehead atoms. The molecule has 0 spiro atoms. The predicted octanol–water partition coefficient (Wildman–Crippen LogP) is 32.4. The fourth-order valence-electron chi connectivity index (χ4n) is 15.4. The Kier molecular flexibility index (Phi) is 55.7. The number of nitro groups is 1. The zero-order valence-corrected chi connectivity index (χ0v) is 71.6. The normalized spacial score (nSPS) is 11.5. The minimum absolute atomic E-state index is 0.0779. The third-order valence-corrected chi connectivity index (χ3v) is 22.4. The van der Waals surface area contributed by atoms with E-state index in [2.05, 4.69) is 75.8 Å². The van der Waals surface area contributed by atoms with Crippen LogP contribution in [0.25, 0.3) is 45.0 Å². The number of ether oxygens (including phenoxy) is 6. The topological polar surface area (TPSA) is 150 Å². The van der Waals surface area contributed by atoms with Crippen molar-refractivity contribution >= 4 is 5.69 Å². The fourth-order valence-corrected chi connectivity index (χ4v) is 15.4. The summed E-state index contributed by atoms with van der Waals surface area (Å²) in [5.74, 6) is 3.89. The van der Waals surface area contributed by atoms with E-state index in [0.29, 0.717) is 96.7 Å². The molecule has 0 unspecified atom stereocenters. The first kappa shape index (κ1) is 94.8. The van der Waals surface area contributed by atoms with E-state index in [1.54, 1.807) is 0 Å². The van der Waals surface area contributed by atoms with Gasteiger partial charge in [-0.2, -0.15) is 0 Å². The van der Waals surface area contributed by atoms with Crippen LogP contribution in [0.15, 0.2) is 60.7 Å². The lowest BCUT2D eigenvalue weighted by Gasteiger charge is -2.19. The number of unbranched alkanes of at least 4 members (excludes halogenated alkanes) is 54. The Labute approximate surface area is 672 Å². The maximum Gasteiger partial charge on any atom is 0.271 e. The number of H-pyrrole nitrogens is 2. The second kappa shape index (κ2) is 64.6. The number of nitrogens with one attached hydrogen (secondary N) is 2. The number of aromatic hydroxyl groups is 1. The molecule has 624 valence electrons. The summed E-state index contributed by atoms with van der Waals surface area (Å²) in [5, 5.41) is 25.6. The summed E-state index contributed by atoms with van der Waals surface area (Å²) < 4.78 is 40.9.